The van der Waals surface area contributed by atoms with Gasteiger partial charge in [-0.05, 0) is 269 Å². The second-order valence-electron chi connectivity index (χ2n) is 36.4. The summed E-state index contributed by atoms with van der Waals surface area (Å²) >= 11 is 33.0. The Morgan fingerprint density at radius 2 is 0.907 bits per heavy atom. The number of amides is 2. The number of aromatic nitrogens is 8. The Morgan fingerprint density at radius 1 is 0.471 bits per heavy atom. The summed E-state index contributed by atoms with van der Waals surface area (Å²) in [6.45, 7) is 20.7. The number of halogens is 5. The van der Waals surface area contributed by atoms with E-state index in [1.165, 1.54) is 84.8 Å². The highest BCUT2D eigenvalue weighted by atomic mass is 35.5. The normalized spacial score (nSPS) is 17.5. The van der Waals surface area contributed by atoms with Gasteiger partial charge < -0.3 is 74.2 Å². The number of hydrogen-bond acceptors (Lipinski definition) is 18. The van der Waals surface area contributed by atoms with Crippen LogP contribution in [0, 0.1) is 0 Å². The zero-order chi connectivity index (χ0) is 97.5. The van der Waals surface area contributed by atoms with E-state index in [0.29, 0.717) is 54.8 Å². The van der Waals surface area contributed by atoms with Crippen LogP contribution in [0.3, 0.4) is 0 Å². The first-order chi connectivity index (χ1) is 68.2. The first-order valence-electron chi connectivity index (χ1n) is 48.4. The van der Waals surface area contributed by atoms with Gasteiger partial charge in [0.1, 0.15) is 23.6 Å². The molecular weight excluding hydrogens is 1890 g/mol. The predicted octanol–water partition coefficient (Wildman–Crippen LogP) is 22.1. The average molecular weight is 2010 g/mol. The topological polar surface area (TPSA) is 269 Å². The molecular formula is C109H123Cl5N16O9S. The Labute approximate surface area is 846 Å². The fourth-order valence-corrected chi connectivity index (χ4v) is 21.4. The molecule has 9 aromatic carbocycles. The number of nitrogens with zero attached hydrogens (tertiary/aromatic N) is 8. The molecule has 0 aliphatic carbocycles. The van der Waals surface area contributed by atoms with E-state index in [-0.39, 0.29) is 42.3 Å². The molecule has 8 N–H and O–H groups in total. The summed E-state index contributed by atoms with van der Waals surface area (Å²) in [4.78, 5) is 66.1. The number of benzene rings is 9. The predicted molar refractivity (Wildman–Crippen MR) is 564 cm³/mol. The van der Waals surface area contributed by atoms with Crippen LogP contribution in [0.25, 0.3) is 54.5 Å². The lowest BCUT2D eigenvalue weighted by Gasteiger charge is -2.36. The highest BCUT2D eigenvalue weighted by Gasteiger charge is 2.39. The zero-order valence-electron chi connectivity index (χ0n) is 80.5. The Hall–Kier alpha value is -11.1. The van der Waals surface area contributed by atoms with E-state index < -0.39 is 0 Å². The molecule has 2 amide bonds. The highest BCUT2D eigenvalue weighted by molar-refractivity contribution is 7.99. The Morgan fingerprint density at radius 3 is 1.36 bits per heavy atom. The molecule has 6 aliphatic heterocycles. The molecule has 12 heterocycles. The van der Waals surface area contributed by atoms with Gasteiger partial charge >= 0.3 is 18.2 Å². The zero-order valence-corrected chi connectivity index (χ0v) is 85.0. The van der Waals surface area contributed by atoms with Crippen LogP contribution in [0.1, 0.15) is 165 Å². The van der Waals surface area contributed by atoms with Gasteiger partial charge in [0.15, 0.2) is 0 Å². The summed E-state index contributed by atoms with van der Waals surface area (Å²) in [7, 11) is 7.31. The van der Waals surface area contributed by atoms with Crippen LogP contribution >= 0.6 is 69.8 Å². The van der Waals surface area contributed by atoms with Crippen molar-refractivity contribution in [2.24, 2.45) is 0 Å². The van der Waals surface area contributed by atoms with Crippen LogP contribution in [0.4, 0.5) is 9.59 Å². The second-order valence-corrected chi connectivity index (χ2v) is 39.9. The van der Waals surface area contributed by atoms with Crippen molar-refractivity contribution in [2.45, 2.75) is 121 Å². The molecule has 6 aromatic heterocycles. The molecule has 1 fully saturated rings. The SMILES string of the molecule is CCOC(=O)N1CCc2c([nH]c3ccc(Cl)cc23)C1c1ccc(OCCCn2ccnn2)cc1.CCOC(=O)N1CCc2c([nH]c3ccc(Cl)cc23)C1c1cccc(CN2CCN(CCOC)CC2)c1.CN(C)CCCOc1ccc(C2NCCc3c2[nH]c2ccc(Cl)cc32)cc1.COC(=O)c1ccc(C2NCCc3c2[nH]c2ccc(Cl)cc32)cc1.CSC(C)CC1NCCc2c1[nH]c1ccc(Cl)cc21. The minimum absolute atomic E-state index is 0.0756. The standard InChI is InChI=1S/C28H35ClN4O3.C25H26ClN5O3.C22H26ClN3O.C19H17ClN2O2.C15H19ClN2S/c1-3-36-28(34)33-10-9-23-24-18-22(29)7-8-25(24)30-26(23)27(33)21-6-4-5-20(17-21)19-32-13-11-31(12-14-32)15-16-35-2;1-2-33-25(32)31-13-10-20-21-16-18(26)6-9-22(21)28-23(20)24(31)17-4-7-19(8-5-17)34-15-3-12-30-14-11-27-29-30;1-26(2)12-3-13-27-17-7-4-15(5-8-17)21-22-18(10-11-24-21)19-14-16(23)6-9-20(19)25-22;1-24-19(23)12-4-2-11(3-5-12)17-18-14(8-9-21-17)15-10-13(20)6-7-16(15)22-18;1-9(19-2)7-14-15-11(5-6-17-14)12-8-10(16)3-4-13(12)18-15/h4-8,17-18,27,30H,3,9-16,19H2,1-2H3;4-9,11,14,16,24,28H,2-3,10,12-13,15H2,1H3;4-9,14,21,24-25H,3,10-13H2,1-2H3;2-7,10,17,21-22H,8-9H2,1H3;3-4,8-9,14,17-18H,5-7H2,1-2H3. The van der Waals surface area contributed by atoms with Gasteiger partial charge in [0.2, 0.25) is 0 Å². The number of aromatic amines is 5. The maximum absolute atomic E-state index is 13.0. The molecule has 6 atom stereocenters. The van der Waals surface area contributed by atoms with Crippen molar-refractivity contribution in [3.8, 4) is 11.5 Å². The molecule has 15 aromatic rings. The van der Waals surface area contributed by atoms with E-state index in [1.54, 1.807) is 35.0 Å². The summed E-state index contributed by atoms with van der Waals surface area (Å²) in [5, 5.41) is 29.0. The first kappa shape index (κ1) is 100. The van der Waals surface area contributed by atoms with Gasteiger partial charge in [-0.25, -0.2) is 14.4 Å². The molecule has 140 heavy (non-hydrogen) atoms. The van der Waals surface area contributed by atoms with Gasteiger partial charge in [-0.2, -0.15) is 11.8 Å². The van der Waals surface area contributed by atoms with Crippen molar-refractivity contribution in [3.63, 3.8) is 0 Å². The fourth-order valence-electron chi connectivity index (χ4n) is 20.2. The highest BCUT2D eigenvalue weighted by Crippen LogP contribution is 2.45. The summed E-state index contributed by atoms with van der Waals surface area (Å²) in [5.41, 5.74) is 24.2. The van der Waals surface area contributed by atoms with Crippen molar-refractivity contribution in [2.75, 3.05) is 140 Å². The van der Waals surface area contributed by atoms with Gasteiger partial charge in [0.25, 0.3) is 0 Å². The van der Waals surface area contributed by atoms with Crippen molar-refractivity contribution in [1.29, 1.82) is 0 Å². The quantitative estimate of drug-likeness (QED) is 0.0150. The lowest BCUT2D eigenvalue weighted by Crippen LogP contribution is -2.46. The van der Waals surface area contributed by atoms with E-state index in [4.69, 9.17) is 86.4 Å². The Kier molecular flexibility index (Phi) is 33.9. The number of carbonyl (C=O) groups is 3. The van der Waals surface area contributed by atoms with E-state index in [0.717, 1.165) is 229 Å². The number of hydrogen-bond donors (Lipinski definition) is 8. The number of H-pyrrole nitrogens is 5. The van der Waals surface area contributed by atoms with E-state index in [1.807, 2.05) is 140 Å². The molecule has 31 heteroatoms. The lowest BCUT2D eigenvalue weighted by atomic mass is 9.92. The largest absolute Gasteiger partial charge is 0.494 e. The summed E-state index contributed by atoms with van der Waals surface area (Å²) < 4.78 is 34.4. The number of esters is 1. The van der Waals surface area contributed by atoms with Gasteiger partial charge in [-0.1, -0.05) is 131 Å². The van der Waals surface area contributed by atoms with Crippen molar-refractivity contribution < 1.29 is 42.8 Å². The number of nitrogens with one attached hydrogen (secondary N) is 8. The molecule has 1 saturated heterocycles. The number of aryl methyl sites for hydroxylation is 1. The monoisotopic (exact) mass is 2010 g/mol. The lowest BCUT2D eigenvalue weighted by molar-refractivity contribution is 0.0600. The number of fused-ring (bicyclic) bond motifs is 15. The van der Waals surface area contributed by atoms with Crippen LogP contribution in [0.5, 0.6) is 11.5 Å². The summed E-state index contributed by atoms with van der Waals surface area (Å²) in [6, 6.07) is 62.7. The third-order valence-corrected chi connectivity index (χ3v) is 29.3. The number of thioether (sulfide) groups is 1. The smallest absolute Gasteiger partial charge is 0.410 e. The van der Waals surface area contributed by atoms with E-state index in [9.17, 15) is 14.4 Å². The van der Waals surface area contributed by atoms with Gasteiger partial charge in [0.05, 0.1) is 64.0 Å². The number of methoxy groups -OCH3 is 2. The molecule has 6 aliphatic rings. The number of carbonyl (C=O) groups excluding carboxylic acids is 3. The molecule has 0 saturated carbocycles. The van der Waals surface area contributed by atoms with Crippen LogP contribution in [0.2, 0.25) is 25.1 Å². The van der Waals surface area contributed by atoms with Gasteiger partial charge in [0, 0.05) is 218 Å². The number of rotatable bonds is 25. The number of piperazine rings is 1. The van der Waals surface area contributed by atoms with Crippen molar-refractivity contribution in [3.05, 3.63) is 315 Å². The average Bonchev–Trinajstić information content (AvgIpc) is 1.59. The van der Waals surface area contributed by atoms with Crippen molar-refractivity contribution in [1.82, 2.24) is 80.4 Å². The molecule has 734 valence electrons. The molecule has 0 bridgehead atoms. The second kappa shape index (κ2) is 47.2. The minimum atomic E-state index is -0.320. The van der Waals surface area contributed by atoms with Crippen LogP contribution in [-0.2, 0) is 64.1 Å². The maximum atomic E-state index is 13.0. The first-order valence-corrected chi connectivity index (χ1v) is 51.6. The maximum Gasteiger partial charge on any atom is 0.410 e. The Balaban J connectivity index is 0.000000123. The molecule has 0 spiro atoms. The molecule has 25 nitrogen and oxygen atoms in total. The Bertz CT molecular complexity index is 6740. The van der Waals surface area contributed by atoms with Crippen LogP contribution < -0.4 is 25.4 Å². The van der Waals surface area contributed by atoms with Gasteiger partial charge in [-0.3, -0.25) is 24.3 Å². The summed E-state index contributed by atoms with van der Waals surface area (Å²) in [5.74, 6) is 1.39. The van der Waals surface area contributed by atoms with E-state index in [2.05, 4.69) is 166 Å². The molecule has 21 rings (SSSR count). The van der Waals surface area contributed by atoms with Crippen LogP contribution in [-0.4, -0.2) is 227 Å². The van der Waals surface area contributed by atoms with Crippen molar-refractivity contribution >= 4 is 142 Å². The van der Waals surface area contributed by atoms with Crippen LogP contribution in [0.15, 0.2) is 200 Å². The third kappa shape index (κ3) is 23.8. The summed E-state index contributed by atoms with van der Waals surface area (Å²) in [6.07, 6.45) is 12.7. The third-order valence-electron chi connectivity index (χ3n) is 27.1. The van der Waals surface area contributed by atoms with E-state index >= 15 is 0 Å². The van der Waals surface area contributed by atoms with Gasteiger partial charge in [-0.15, -0.1) is 5.10 Å². The molecule has 0 radical (unpaired) electrons. The fraction of sp³-hybridized carbons (Fsp3) is 0.367. The molecule has 6 unspecified atom stereocenters. The minimum Gasteiger partial charge on any atom is -0.494 e. The number of ether oxygens (including phenoxy) is 6.